The van der Waals surface area contributed by atoms with Crippen molar-refractivity contribution in [2.45, 2.75) is 62.3 Å². The highest BCUT2D eigenvalue weighted by Gasteiger charge is 2.55. The third-order valence-corrected chi connectivity index (χ3v) is 11.1. The largest absolute Gasteiger partial charge is 0.339 e. The summed E-state index contributed by atoms with van der Waals surface area (Å²) in [5.41, 5.74) is -0.146. The lowest BCUT2D eigenvalue weighted by Crippen LogP contribution is -2.60. The highest BCUT2D eigenvalue weighted by molar-refractivity contribution is 7.89. The Labute approximate surface area is 202 Å². The quantitative estimate of drug-likeness (QED) is 0.657. The number of rotatable bonds is 4. The van der Waals surface area contributed by atoms with Crippen LogP contribution in [-0.2, 0) is 19.6 Å². The van der Waals surface area contributed by atoms with Crippen LogP contribution in [0.25, 0.3) is 0 Å². The standard InChI is InChI=1S/C26H35N3O4S/c30-24(23-7-4-8-29(23)34(32,33)22-5-2-1-3-6-22)27-9-11-28(12-10-27)25(31)26-16-19-13-20(17-26)15-21(14-19)18-26/h1-3,5-6,19-21,23H,4,7-18H2. The van der Waals surface area contributed by atoms with E-state index in [1.165, 1.54) is 23.6 Å². The molecule has 1 aromatic carbocycles. The van der Waals surface area contributed by atoms with Crippen LogP contribution >= 0.6 is 0 Å². The van der Waals surface area contributed by atoms with E-state index in [1.807, 2.05) is 4.90 Å². The summed E-state index contributed by atoms with van der Waals surface area (Å²) in [6.07, 6.45) is 8.38. The van der Waals surface area contributed by atoms with E-state index in [-0.39, 0.29) is 16.2 Å². The fourth-order valence-electron chi connectivity index (χ4n) is 8.05. The molecule has 7 nitrogen and oxygen atoms in total. The number of hydrogen-bond donors (Lipinski definition) is 0. The van der Waals surface area contributed by atoms with Gasteiger partial charge < -0.3 is 9.80 Å². The zero-order chi connectivity index (χ0) is 23.5. The lowest BCUT2D eigenvalue weighted by atomic mass is 9.49. The normalized spacial score (nSPS) is 35.6. The molecule has 1 aromatic rings. The number of piperazine rings is 1. The van der Waals surface area contributed by atoms with Gasteiger partial charge in [-0.05, 0) is 81.3 Å². The van der Waals surface area contributed by atoms with E-state index < -0.39 is 16.1 Å². The van der Waals surface area contributed by atoms with Crippen molar-refractivity contribution in [2.24, 2.45) is 23.2 Å². The Kier molecular flexibility index (Phi) is 5.52. The lowest BCUT2D eigenvalue weighted by Gasteiger charge is -2.57. The van der Waals surface area contributed by atoms with Gasteiger partial charge in [0.05, 0.1) is 10.3 Å². The molecule has 7 rings (SSSR count). The summed E-state index contributed by atoms with van der Waals surface area (Å²) in [4.78, 5) is 31.1. The van der Waals surface area contributed by atoms with Gasteiger partial charge in [-0.25, -0.2) is 8.42 Å². The minimum absolute atomic E-state index is 0.112. The Balaban J connectivity index is 1.11. The van der Waals surface area contributed by atoms with E-state index in [2.05, 4.69) is 0 Å². The molecule has 4 bridgehead atoms. The minimum Gasteiger partial charge on any atom is -0.339 e. The maximum atomic E-state index is 13.7. The summed E-state index contributed by atoms with van der Waals surface area (Å²) in [6, 6.07) is 7.74. The van der Waals surface area contributed by atoms with Gasteiger partial charge in [-0.15, -0.1) is 0 Å². The molecular weight excluding hydrogens is 450 g/mol. The second kappa shape index (κ2) is 8.33. The van der Waals surface area contributed by atoms with E-state index in [1.54, 1.807) is 35.2 Å². The van der Waals surface area contributed by atoms with Gasteiger partial charge >= 0.3 is 0 Å². The van der Waals surface area contributed by atoms with E-state index in [0.717, 1.165) is 37.0 Å². The molecule has 0 radical (unpaired) electrons. The van der Waals surface area contributed by atoms with Crippen molar-refractivity contribution in [2.75, 3.05) is 32.7 Å². The van der Waals surface area contributed by atoms with E-state index in [9.17, 15) is 18.0 Å². The first-order chi connectivity index (χ1) is 16.4. The zero-order valence-electron chi connectivity index (χ0n) is 19.8. The second-order valence-corrected chi connectivity index (χ2v) is 13.3. The molecule has 1 atom stereocenters. The van der Waals surface area contributed by atoms with E-state index in [4.69, 9.17) is 0 Å². The van der Waals surface area contributed by atoms with Crippen molar-refractivity contribution < 1.29 is 18.0 Å². The average molecular weight is 486 g/mol. The molecule has 0 aromatic heterocycles. The molecule has 184 valence electrons. The van der Waals surface area contributed by atoms with Crippen LogP contribution in [0.4, 0.5) is 0 Å². The topological polar surface area (TPSA) is 78.0 Å². The third kappa shape index (κ3) is 3.68. The fraction of sp³-hybridized carbons (Fsp3) is 0.692. The first kappa shape index (κ1) is 22.5. The van der Waals surface area contributed by atoms with Gasteiger partial charge in [-0.2, -0.15) is 4.31 Å². The average Bonchev–Trinajstić information content (AvgIpc) is 3.34. The summed E-state index contributed by atoms with van der Waals surface area (Å²) in [7, 11) is -3.70. The zero-order valence-corrected chi connectivity index (χ0v) is 20.6. The molecule has 2 amide bonds. The van der Waals surface area contributed by atoms with Gasteiger partial charge in [-0.1, -0.05) is 18.2 Å². The SMILES string of the molecule is O=C(C1CCCN1S(=O)(=O)c1ccccc1)N1CCN(C(=O)C23CC4CC(CC(C4)C2)C3)CC1. The molecule has 2 aliphatic heterocycles. The summed E-state index contributed by atoms with van der Waals surface area (Å²) in [6.45, 7) is 2.48. The van der Waals surface area contributed by atoms with Crippen LogP contribution in [-0.4, -0.2) is 73.1 Å². The summed E-state index contributed by atoms with van der Waals surface area (Å²) < 4.78 is 27.7. The maximum absolute atomic E-state index is 13.7. The summed E-state index contributed by atoms with van der Waals surface area (Å²) in [5.74, 6) is 2.42. The summed E-state index contributed by atoms with van der Waals surface area (Å²) >= 11 is 0. The second-order valence-electron chi connectivity index (χ2n) is 11.4. The van der Waals surface area contributed by atoms with Gasteiger partial charge in [0, 0.05) is 32.7 Å². The smallest absolute Gasteiger partial charge is 0.243 e. The van der Waals surface area contributed by atoms with Crippen molar-refractivity contribution in [3.05, 3.63) is 30.3 Å². The number of hydrogen-bond acceptors (Lipinski definition) is 4. The van der Waals surface area contributed by atoms with Crippen LogP contribution in [0.5, 0.6) is 0 Å². The maximum Gasteiger partial charge on any atom is 0.243 e. The monoisotopic (exact) mass is 485 g/mol. The first-order valence-electron chi connectivity index (χ1n) is 13.0. The van der Waals surface area contributed by atoms with Crippen LogP contribution in [0.2, 0.25) is 0 Å². The number of nitrogens with zero attached hydrogens (tertiary/aromatic N) is 3. The van der Waals surface area contributed by atoms with Gasteiger partial charge in [0.15, 0.2) is 0 Å². The molecule has 6 aliphatic rings. The van der Waals surface area contributed by atoms with Crippen molar-refractivity contribution in [1.29, 1.82) is 0 Å². The third-order valence-electron chi connectivity index (χ3n) is 9.21. The van der Waals surface area contributed by atoms with Gasteiger partial charge in [0.1, 0.15) is 6.04 Å². The van der Waals surface area contributed by atoms with Gasteiger partial charge in [0.2, 0.25) is 21.8 Å². The minimum atomic E-state index is -3.70. The predicted octanol–water partition coefficient (Wildman–Crippen LogP) is 2.73. The Morgan fingerprint density at radius 3 is 1.94 bits per heavy atom. The van der Waals surface area contributed by atoms with Crippen molar-refractivity contribution in [1.82, 2.24) is 14.1 Å². The van der Waals surface area contributed by atoms with E-state index in [0.29, 0.717) is 51.5 Å². The van der Waals surface area contributed by atoms with Crippen molar-refractivity contribution >= 4 is 21.8 Å². The van der Waals surface area contributed by atoms with E-state index >= 15 is 0 Å². The van der Waals surface area contributed by atoms with Crippen molar-refractivity contribution in [3.63, 3.8) is 0 Å². The Bertz CT molecular complexity index is 1030. The van der Waals surface area contributed by atoms with Gasteiger partial charge in [0.25, 0.3) is 0 Å². The molecule has 1 unspecified atom stereocenters. The lowest BCUT2D eigenvalue weighted by molar-refractivity contribution is -0.160. The molecule has 4 saturated carbocycles. The molecule has 4 aliphatic carbocycles. The van der Waals surface area contributed by atoms with Crippen LogP contribution in [0, 0.1) is 23.2 Å². The first-order valence-corrected chi connectivity index (χ1v) is 14.4. The Hall–Kier alpha value is -1.93. The van der Waals surface area contributed by atoms with Crippen LogP contribution < -0.4 is 0 Å². The number of carbonyl (C=O) groups excluding carboxylic acids is 2. The molecule has 8 heteroatoms. The molecule has 34 heavy (non-hydrogen) atoms. The highest BCUT2D eigenvalue weighted by atomic mass is 32.2. The Morgan fingerprint density at radius 1 is 0.794 bits per heavy atom. The highest BCUT2D eigenvalue weighted by Crippen LogP contribution is 2.60. The number of benzene rings is 1. The van der Waals surface area contributed by atoms with Crippen LogP contribution in [0.15, 0.2) is 35.2 Å². The fourth-order valence-corrected chi connectivity index (χ4v) is 9.72. The van der Waals surface area contributed by atoms with Crippen molar-refractivity contribution in [3.8, 4) is 0 Å². The number of sulfonamides is 1. The molecule has 6 fully saturated rings. The van der Waals surface area contributed by atoms with Gasteiger partial charge in [-0.3, -0.25) is 9.59 Å². The molecule has 0 N–H and O–H groups in total. The molecule has 2 saturated heterocycles. The molecule has 0 spiro atoms. The number of amides is 2. The number of carbonyl (C=O) groups is 2. The molecule has 2 heterocycles. The summed E-state index contributed by atoms with van der Waals surface area (Å²) in [5, 5.41) is 0. The molecular formula is C26H35N3O4S. The predicted molar refractivity (Wildman–Crippen MR) is 127 cm³/mol. The Morgan fingerprint density at radius 2 is 1.35 bits per heavy atom. The van der Waals surface area contributed by atoms with Crippen LogP contribution in [0.1, 0.15) is 51.4 Å². The van der Waals surface area contributed by atoms with Crippen LogP contribution in [0.3, 0.4) is 0 Å².